The van der Waals surface area contributed by atoms with Crippen LogP contribution in [0, 0.1) is 6.92 Å². The number of ether oxygens (including phenoxy) is 1. The average molecular weight is 363 g/mol. The summed E-state index contributed by atoms with van der Waals surface area (Å²) >= 11 is 0. The summed E-state index contributed by atoms with van der Waals surface area (Å²) in [6.07, 6.45) is 0.638. The van der Waals surface area contributed by atoms with E-state index in [0.717, 1.165) is 5.56 Å². The van der Waals surface area contributed by atoms with E-state index in [4.69, 9.17) is 4.74 Å². The number of nitrogens with zero attached hydrogens (tertiary/aromatic N) is 1. The van der Waals surface area contributed by atoms with Crippen LogP contribution in [0.4, 0.5) is 0 Å². The van der Waals surface area contributed by atoms with Gasteiger partial charge in [-0.15, -0.1) is 0 Å². The lowest BCUT2D eigenvalue weighted by Gasteiger charge is -2.26. The van der Waals surface area contributed by atoms with Gasteiger partial charge in [0.25, 0.3) is 10.1 Å². The minimum atomic E-state index is -4.32. The molecule has 1 aliphatic rings. The minimum Gasteiger partial charge on any atom is -0.492 e. The van der Waals surface area contributed by atoms with Gasteiger partial charge < -0.3 is 9.64 Å². The Bertz CT molecular complexity index is 743. The van der Waals surface area contributed by atoms with Crippen molar-refractivity contribution in [1.29, 1.82) is 0 Å². The summed E-state index contributed by atoms with van der Waals surface area (Å²) in [6.45, 7) is 3.80. The molecule has 1 aromatic carbocycles. The first-order valence-electron chi connectivity index (χ1n) is 7.31. The van der Waals surface area contributed by atoms with Gasteiger partial charge in [-0.2, -0.15) is 8.42 Å². The molecule has 1 fully saturated rings. The Morgan fingerprint density at radius 1 is 1.26 bits per heavy atom. The maximum atomic E-state index is 11.3. The lowest BCUT2D eigenvalue weighted by Crippen LogP contribution is -2.40. The summed E-state index contributed by atoms with van der Waals surface area (Å²) < 4.78 is 60.0. The first-order valence-corrected chi connectivity index (χ1v) is 10.6. The molecule has 1 aliphatic heterocycles. The zero-order valence-corrected chi connectivity index (χ0v) is 14.6. The summed E-state index contributed by atoms with van der Waals surface area (Å²) in [7, 11) is -7.21. The molecular weight excluding hydrogens is 342 g/mol. The normalized spacial score (nSPS) is 18.7. The first kappa shape index (κ1) is 18.2. The number of hydrogen-bond acceptors (Lipinski definition) is 6. The molecule has 1 N–H and O–H groups in total. The Hall–Kier alpha value is -1.16. The van der Waals surface area contributed by atoms with Gasteiger partial charge in [0.05, 0.1) is 18.1 Å². The first-order chi connectivity index (χ1) is 10.7. The van der Waals surface area contributed by atoms with E-state index in [9.17, 15) is 21.4 Å². The quantitative estimate of drug-likeness (QED) is 0.587. The molecule has 130 valence electrons. The third kappa shape index (κ3) is 5.45. The highest BCUT2D eigenvalue weighted by molar-refractivity contribution is 7.91. The highest BCUT2D eigenvalue weighted by Crippen LogP contribution is 2.25. The summed E-state index contributed by atoms with van der Waals surface area (Å²) in [5.41, 5.74) is 0.827. The predicted octanol–water partition coefficient (Wildman–Crippen LogP) is 0.741. The zero-order chi connectivity index (χ0) is 17.1. The van der Waals surface area contributed by atoms with Gasteiger partial charge in [-0.3, -0.25) is 4.55 Å². The van der Waals surface area contributed by atoms with E-state index >= 15 is 0 Å². The van der Waals surface area contributed by atoms with Gasteiger partial charge in [-0.05, 0) is 31.0 Å². The van der Waals surface area contributed by atoms with Crippen LogP contribution in [-0.4, -0.2) is 64.0 Å². The van der Waals surface area contributed by atoms with Crippen molar-refractivity contribution >= 4 is 20.0 Å². The van der Waals surface area contributed by atoms with Crippen LogP contribution in [0.15, 0.2) is 23.1 Å². The van der Waals surface area contributed by atoms with Crippen LogP contribution < -0.4 is 4.74 Å². The van der Waals surface area contributed by atoms with Gasteiger partial charge in [0.1, 0.15) is 10.6 Å². The van der Waals surface area contributed by atoms with Crippen molar-refractivity contribution in [2.45, 2.75) is 18.2 Å². The maximum Gasteiger partial charge on any atom is 0.298 e. The monoisotopic (exact) mass is 363 g/mol. The van der Waals surface area contributed by atoms with Gasteiger partial charge in [0.15, 0.2) is 9.84 Å². The average Bonchev–Trinajstić information content (AvgIpc) is 2.44. The highest BCUT2D eigenvalue weighted by Gasteiger charge is 2.21. The Morgan fingerprint density at radius 2 is 1.91 bits per heavy atom. The number of benzene rings is 1. The Balaban J connectivity index is 1.86. The second kappa shape index (κ2) is 7.16. The third-order valence-electron chi connectivity index (χ3n) is 3.69. The molecular formula is C14H21NO6S2. The number of rotatable bonds is 6. The van der Waals surface area contributed by atoms with Gasteiger partial charge in [0, 0.05) is 19.6 Å². The van der Waals surface area contributed by atoms with Crippen molar-refractivity contribution in [3.05, 3.63) is 23.8 Å². The molecule has 0 aliphatic carbocycles. The Labute approximate surface area is 136 Å². The molecule has 1 heterocycles. The van der Waals surface area contributed by atoms with Crippen LogP contribution in [0.25, 0.3) is 0 Å². The van der Waals surface area contributed by atoms with Crippen LogP contribution in [0.3, 0.4) is 0 Å². The summed E-state index contributed by atoms with van der Waals surface area (Å²) in [5.74, 6) is 0.491. The molecule has 0 radical (unpaired) electrons. The molecule has 23 heavy (non-hydrogen) atoms. The van der Waals surface area contributed by atoms with Crippen LogP contribution in [0.1, 0.15) is 12.0 Å². The molecule has 7 nitrogen and oxygen atoms in total. The molecule has 2 rings (SSSR count). The zero-order valence-electron chi connectivity index (χ0n) is 12.9. The largest absolute Gasteiger partial charge is 0.492 e. The number of aryl methyl sites for hydroxylation is 1. The van der Waals surface area contributed by atoms with E-state index in [1.54, 1.807) is 19.1 Å². The third-order valence-corrected chi connectivity index (χ3v) is 6.19. The fourth-order valence-corrected chi connectivity index (χ4v) is 4.27. The molecule has 0 spiro atoms. The SMILES string of the molecule is Cc1ccc(S(=O)(=O)O)c(OCCCN2CCS(=O)(=O)CC2)c1. The summed E-state index contributed by atoms with van der Waals surface area (Å²) in [4.78, 5) is 1.80. The highest BCUT2D eigenvalue weighted by atomic mass is 32.2. The van der Waals surface area contributed by atoms with Crippen LogP contribution >= 0.6 is 0 Å². The molecule has 1 aromatic rings. The van der Waals surface area contributed by atoms with Crippen LogP contribution in [-0.2, 0) is 20.0 Å². The summed E-state index contributed by atoms with van der Waals surface area (Å²) in [5, 5.41) is 0. The number of sulfone groups is 1. The second-order valence-electron chi connectivity index (χ2n) is 5.62. The number of hydrogen-bond donors (Lipinski definition) is 1. The fourth-order valence-electron chi connectivity index (χ4n) is 2.39. The molecule has 0 atom stereocenters. The maximum absolute atomic E-state index is 11.3. The van der Waals surface area contributed by atoms with Gasteiger partial charge >= 0.3 is 0 Å². The van der Waals surface area contributed by atoms with E-state index in [0.29, 0.717) is 26.1 Å². The van der Waals surface area contributed by atoms with E-state index in [-0.39, 0.29) is 28.8 Å². The van der Waals surface area contributed by atoms with Crippen LogP contribution in [0.2, 0.25) is 0 Å². The van der Waals surface area contributed by atoms with Crippen molar-refractivity contribution in [2.24, 2.45) is 0 Å². The van der Waals surface area contributed by atoms with Gasteiger partial charge in [-0.25, -0.2) is 8.42 Å². The molecule has 0 amide bonds. The Kier molecular flexibility index (Phi) is 5.66. The lowest BCUT2D eigenvalue weighted by molar-refractivity contribution is 0.242. The minimum absolute atomic E-state index is 0.133. The molecule has 0 bridgehead atoms. The van der Waals surface area contributed by atoms with Gasteiger partial charge in [0.2, 0.25) is 0 Å². The fraction of sp³-hybridized carbons (Fsp3) is 0.571. The van der Waals surface area contributed by atoms with E-state index in [1.165, 1.54) is 6.07 Å². The van der Waals surface area contributed by atoms with Crippen molar-refractivity contribution in [3.63, 3.8) is 0 Å². The Morgan fingerprint density at radius 3 is 2.52 bits per heavy atom. The molecule has 1 saturated heterocycles. The predicted molar refractivity (Wildman–Crippen MR) is 86.2 cm³/mol. The molecule has 0 saturated carbocycles. The standard InChI is InChI=1S/C14H21NO6S2/c1-12-3-4-14(23(18,19)20)13(11-12)21-8-2-5-15-6-9-22(16,17)10-7-15/h3-4,11H,2,5-10H2,1H3,(H,18,19,20). The van der Waals surface area contributed by atoms with E-state index in [1.807, 2.05) is 4.90 Å². The van der Waals surface area contributed by atoms with Gasteiger partial charge in [-0.1, -0.05) is 6.07 Å². The van der Waals surface area contributed by atoms with E-state index in [2.05, 4.69) is 0 Å². The van der Waals surface area contributed by atoms with Crippen molar-refractivity contribution in [3.8, 4) is 5.75 Å². The smallest absolute Gasteiger partial charge is 0.298 e. The van der Waals surface area contributed by atoms with Crippen molar-refractivity contribution < 1.29 is 26.1 Å². The molecule has 0 aromatic heterocycles. The topological polar surface area (TPSA) is 101 Å². The molecule has 9 heteroatoms. The molecule has 0 unspecified atom stereocenters. The van der Waals surface area contributed by atoms with Crippen molar-refractivity contribution in [1.82, 2.24) is 4.90 Å². The lowest BCUT2D eigenvalue weighted by atomic mass is 10.2. The van der Waals surface area contributed by atoms with Crippen molar-refractivity contribution in [2.75, 3.05) is 37.7 Å². The van der Waals surface area contributed by atoms with Crippen LogP contribution in [0.5, 0.6) is 5.75 Å². The second-order valence-corrected chi connectivity index (χ2v) is 9.31. The summed E-state index contributed by atoms with van der Waals surface area (Å²) in [6, 6.07) is 4.47. The van der Waals surface area contributed by atoms with E-state index < -0.39 is 20.0 Å².